The van der Waals surface area contributed by atoms with Crippen molar-refractivity contribution < 1.29 is 19.1 Å². The molecular formula is C25H37N3O4. The van der Waals surface area contributed by atoms with E-state index in [2.05, 4.69) is 0 Å². The molecule has 3 amide bonds. The summed E-state index contributed by atoms with van der Waals surface area (Å²) in [5, 5.41) is 0. The molecule has 0 bridgehead atoms. The smallest absolute Gasteiger partial charge is 0.410 e. The molecule has 2 aliphatic heterocycles. The Bertz CT molecular complexity index is 825. The predicted octanol–water partition coefficient (Wildman–Crippen LogP) is 3.71. The Morgan fingerprint density at radius 3 is 2.25 bits per heavy atom. The van der Waals surface area contributed by atoms with E-state index in [0.29, 0.717) is 51.3 Å². The molecule has 0 N–H and O–H groups in total. The van der Waals surface area contributed by atoms with Gasteiger partial charge in [0.1, 0.15) is 5.60 Å². The second-order valence-corrected chi connectivity index (χ2v) is 10.0. The molecule has 0 aromatic heterocycles. The summed E-state index contributed by atoms with van der Waals surface area (Å²) in [6, 6.07) is 7.66. The van der Waals surface area contributed by atoms with Gasteiger partial charge in [0.2, 0.25) is 5.91 Å². The van der Waals surface area contributed by atoms with Crippen LogP contribution in [0.25, 0.3) is 0 Å². The van der Waals surface area contributed by atoms with Crippen molar-refractivity contribution in [2.75, 3.05) is 39.3 Å². The van der Waals surface area contributed by atoms with E-state index in [1.54, 1.807) is 4.90 Å². The fourth-order valence-electron chi connectivity index (χ4n) is 4.35. The molecule has 2 heterocycles. The fraction of sp³-hybridized carbons (Fsp3) is 0.640. The lowest BCUT2D eigenvalue weighted by atomic mass is 9.93. The molecule has 7 heteroatoms. The Kier molecular flexibility index (Phi) is 7.80. The van der Waals surface area contributed by atoms with Crippen LogP contribution in [-0.2, 0) is 9.53 Å². The summed E-state index contributed by atoms with van der Waals surface area (Å²) in [6.07, 6.45) is 2.66. The molecule has 1 aromatic carbocycles. The van der Waals surface area contributed by atoms with E-state index >= 15 is 0 Å². The summed E-state index contributed by atoms with van der Waals surface area (Å²) < 4.78 is 5.45. The summed E-state index contributed by atoms with van der Waals surface area (Å²) in [5.41, 5.74) is 1.28. The van der Waals surface area contributed by atoms with Gasteiger partial charge >= 0.3 is 6.09 Å². The maximum absolute atomic E-state index is 12.9. The summed E-state index contributed by atoms with van der Waals surface area (Å²) in [7, 11) is 0. The highest BCUT2D eigenvalue weighted by molar-refractivity contribution is 5.94. The average Bonchev–Trinajstić information content (AvgIpc) is 2.99. The first kappa shape index (κ1) is 24.1. The van der Waals surface area contributed by atoms with E-state index in [0.717, 1.165) is 24.8 Å². The van der Waals surface area contributed by atoms with Crippen LogP contribution in [0.1, 0.15) is 62.4 Å². The number of hydrogen-bond donors (Lipinski definition) is 0. The van der Waals surface area contributed by atoms with Crippen LogP contribution in [-0.4, -0.2) is 77.5 Å². The van der Waals surface area contributed by atoms with Crippen LogP contribution in [0.3, 0.4) is 0 Å². The van der Waals surface area contributed by atoms with Gasteiger partial charge in [-0.2, -0.15) is 0 Å². The maximum atomic E-state index is 12.9. The number of hydrogen-bond acceptors (Lipinski definition) is 4. The molecular weight excluding hydrogens is 406 g/mol. The molecule has 0 spiro atoms. The number of aryl methyl sites for hydroxylation is 1. The van der Waals surface area contributed by atoms with Gasteiger partial charge in [0.05, 0.1) is 0 Å². The van der Waals surface area contributed by atoms with Gasteiger partial charge in [-0.3, -0.25) is 9.59 Å². The summed E-state index contributed by atoms with van der Waals surface area (Å²) in [6.45, 7) is 11.4. The summed E-state index contributed by atoms with van der Waals surface area (Å²) in [5.74, 6) is 0.484. The molecule has 0 aliphatic carbocycles. The third-order valence-corrected chi connectivity index (χ3v) is 6.13. The Morgan fingerprint density at radius 1 is 0.938 bits per heavy atom. The third-order valence-electron chi connectivity index (χ3n) is 6.13. The standard InChI is InChI=1S/C25H37N3O4/c1-19-7-5-8-21(17-19)23(30)27-12-6-11-26(15-16-27)22(29)18-20-9-13-28(14-10-20)24(31)32-25(2,3)4/h5,7-8,17,20H,6,9-16,18H2,1-4H3. The number of likely N-dealkylation sites (tertiary alicyclic amines) is 1. The lowest BCUT2D eigenvalue weighted by Gasteiger charge is -2.34. The number of ether oxygens (including phenoxy) is 1. The zero-order chi connectivity index (χ0) is 23.3. The molecule has 2 aliphatic rings. The number of benzene rings is 1. The molecule has 176 valence electrons. The fourth-order valence-corrected chi connectivity index (χ4v) is 4.35. The van der Waals surface area contributed by atoms with Crippen molar-refractivity contribution in [1.29, 1.82) is 0 Å². The minimum absolute atomic E-state index is 0.0394. The molecule has 2 fully saturated rings. The second kappa shape index (κ2) is 10.4. The summed E-state index contributed by atoms with van der Waals surface area (Å²) >= 11 is 0. The molecule has 7 nitrogen and oxygen atoms in total. The van der Waals surface area contributed by atoms with Gasteiger partial charge in [-0.15, -0.1) is 0 Å². The Labute approximate surface area is 191 Å². The zero-order valence-electron chi connectivity index (χ0n) is 19.9. The molecule has 1 aromatic rings. The first-order chi connectivity index (χ1) is 15.1. The number of rotatable bonds is 3. The van der Waals surface area contributed by atoms with Gasteiger partial charge in [-0.05, 0) is 65.0 Å². The minimum Gasteiger partial charge on any atom is -0.444 e. The quantitative estimate of drug-likeness (QED) is 0.714. The summed E-state index contributed by atoms with van der Waals surface area (Å²) in [4.78, 5) is 43.5. The van der Waals surface area contributed by atoms with Crippen LogP contribution >= 0.6 is 0 Å². The van der Waals surface area contributed by atoms with E-state index in [-0.39, 0.29) is 23.8 Å². The number of amides is 3. The number of carbonyl (C=O) groups excluding carboxylic acids is 3. The van der Waals surface area contributed by atoms with Gasteiger partial charge in [-0.1, -0.05) is 17.7 Å². The van der Waals surface area contributed by atoms with Crippen LogP contribution < -0.4 is 0 Å². The highest BCUT2D eigenvalue weighted by atomic mass is 16.6. The van der Waals surface area contributed by atoms with E-state index < -0.39 is 5.60 Å². The molecule has 0 atom stereocenters. The van der Waals surface area contributed by atoms with Gasteiger partial charge in [0.25, 0.3) is 5.91 Å². The van der Waals surface area contributed by atoms with Crippen molar-refractivity contribution in [1.82, 2.24) is 14.7 Å². The second-order valence-electron chi connectivity index (χ2n) is 10.0. The van der Waals surface area contributed by atoms with Crippen molar-refractivity contribution in [3.63, 3.8) is 0 Å². The number of piperidine rings is 1. The Hall–Kier alpha value is -2.57. The van der Waals surface area contributed by atoms with Crippen molar-refractivity contribution >= 4 is 17.9 Å². The van der Waals surface area contributed by atoms with Crippen LogP contribution in [0.2, 0.25) is 0 Å². The monoisotopic (exact) mass is 443 g/mol. The average molecular weight is 444 g/mol. The SMILES string of the molecule is Cc1cccc(C(=O)N2CCCN(C(=O)CC3CCN(C(=O)OC(C)(C)C)CC3)CC2)c1. The molecule has 32 heavy (non-hydrogen) atoms. The lowest BCUT2D eigenvalue weighted by molar-refractivity contribution is -0.132. The topological polar surface area (TPSA) is 70.2 Å². The molecule has 3 rings (SSSR count). The van der Waals surface area contributed by atoms with Crippen LogP contribution in [0.15, 0.2) is 24.3 Å². The van der Waals surface area contributed by atoms with Crippen molar-refractivity contribution in [3.05, 3.63) is 35.4 Å². The van der Waals surface area contributed by atoms with E-state index in [9.17, 15) is 14.4 Å². The van der Waals surface area contributed by atoms with Crippen LogP contribution in [0.4, 0.5) is 4.79 Å². The van der Waals surface area contributed by atoms with E-state index in [1.165, 1.54) is 0 Å². The normalized spacial score (nSPS) is 18.3. The van der Waals surface area contributed by atoms with Crippen molar-refractivity contribution in [2.24, 2.45) is 5.92 Å². The third kappa shape index (κ3) is 6.71. The van der Waals surface area contributed by atoms with Crippen molar-refractivity contribution in [2.45, 2.75) is 59.0 Å². The van der Waals surface area contributed by atoms with Gasteiger partial charge in [0, 0.05) is 51.3 Å². The molecule has 0 radical (unpaired) electrons. The van der Waals surface area contributed by atoms with Gasteiger partial charge in [-0.25, -0.2) is 4.79 Å². The van der Waals surface area contributed by atoms with Crippen molar-refractivity contribution in [3.8, 4) is 0 Å². The van der Waals surface area contributed by atoms with Crippen LogP contribution in [0.5, 0.6) is 0 Å². The zero-order valence-corrected chi connectivity index (χ0v) is 19.9. The number of carbonyl (C=O) groups is 3. The first-order valence-electron chi connectivity index (χ1n) is 11.7. The largest absolute Gasteiger partial charge is 0.444 e. The van der Waals surface area contributed by atoms with Gasteiger partial charge < -0.3 is 19.4 Å². The lowest BCUT2D eigenvalue weighted by Crippen LogP contribution is -2.43. The molecule has 0 unspecified atom stereocenters. The van der Waals surface area contributed by atoms with E-state index in [4.69, 9.17) is 4.74 Å². The van der Waals surface area contributed by atoms with E-state index in [1.807, 2.05) is 61.8 Å². The highest BCUT2D eigenvalue weighted by Gasteiger charge is 2.29. The van der Waals surface area contributed by atoms with Crippen LogP contribution in [0, 0.1) is 12.8 Å². The minimum atomic E-state index is -0.495. The Balaban J connectivity index is 1.45. The first-order valence-corrected chi connectivity index (χ1v) is 11.7. The number of nitrogens with zero attached hydrogens (tertiary/aromatic N) is 3. The van der Waals surface area contributed by atoms with Gasteiger partial charge in [0.15, 0.2) is 0 Å². The molecule has 0 saturated carbocycles. The maximum Gasteiger partial charge on any atom is 0.410 e. The Morgan fingerprint density at radius 2 is 1.59 bits per heavy atom. The highest BCUT2D eigenvalue weighted by Crippen LogP contribution is 2.23. The molecule has 2 saturated heterocycles. The predicted molar refractivity (Wildman–Crippen MR) is 123 cm³/mol.